The van der Waals surface area contributed by atoms with Crippen molar-refractivity contribution in [1.82, 2.24) is 0 Å². The third kappa shape index (κ3) is 26.1. The van der Waals surface area contributed by atoms with Crippen molar-refractivity contribution < 1.29 is 28.4 Å². The Morgan fingerprint density at radius 3 is 1.15 bits per heavy atom. The fraction of sp³-hybridized carbons (Fsp3) is 1.00. The summed E-state index contributed by atoms with van der Waals surface area (Å²) >= 11 is 5.49. The van der Waals surface area contributed by atoms with Gasteiger partial charge in [0.15, 0.2) is 0 Å². The minimum atomic E-state index is 0.515. The maximum Gasteiger partial charge on any atom is 0.0701 e. The van der Waals surface area contributed by atoms with E-state index in [0.29, 0.717) is 78.6 Å². The first kappa shape index (κ1) is 27.0. The monoisotopic (exact) mass is 412 g/mol. The number of unbranched alkanes of at least 4 members (excludes halogenated alkanes) is 5. The van der Waals surface area contributed by atoms with Crippen LogP contribution >= 0.6 is 11.6 Å². The van der Waals surface area contributed by atoms with Gasteiger partial charge in [0.2, 0.25) is 0 Å². The van der Waals surface area contributed by atoms with Gasteiger partial charge in [0.25, 0.3) is 0 Å². The number of hydrogen-bond donors (Lipinski definition) is 0. The van der Waals surface area contributed by atoms with Gasteiger partial charge in [-0.05, 0) is 6.42 Å². The van der Waals surface area contributed by atoms with Crippen molar-refractivity contribution in [2.75, 3.05) is 85.2 Å². The highest BCUT2D eigenvalue weighted by Gasteiger charge is 1.94. The van der Waals surface area contributed by atoms with Crippen LogP contribution in [0.25, 0.3) is 0 Å². The Morgan fingerprint density at radius 2 is 0.741 bits per heavy atom. The largest absolute Gasteiger partial charge is 0.379 e. The van der Waals surface area contributed by atoms with Crippen LogP contribution in [-0.4, -0.2) is 85.2 Å². The normalized spacial score (nSPS) is 11.3. The van der Waals surface area contributed by atoms with Gasteiger partial charge in [-0.1, -0.05) is 39.0 Å². The summed E-state index contributed by atoms with van der Waals surface area (Å²) in [4.78, 5) is 0. The number of hydrogen-bond acceptors (Lipinski definition) is 6. The molecule has 164 valence electrons. The molecule has 0 aliphatic heterocycles. The van der Waals surface area contributed by atoms with Crippen LogP contribution in [0.1, 0.15) is 45.4 Å². The molecule has 0 aliphatic rings. The van der Waals surface area contributed by atoms with Gasteiger partial charge in [-0.3, -0.25) is 0 Å². The summed E-state index contributed by atoms with van der Waals surface area (Å²) in [7, 11) is 0. The molecule has 0 aliphatic carbocycles. The molecule has 0 bridgehead atoms. The Kier molecular flexibility index (Phi) is 26.1. The minimum absolute atomic E-state index is 0.515. The summed E-state index contributed by atoms with van der Waals surface area (Å²) in [6, 6.07) is 0. The Labute approximate surface area is 171 Å². The lowest BCUT2D eigenvalue weighted by atomic mass is 10.1. The summed E-state index contributed by atoms with van der Waals surface area (Å²) in [6.07, 6.45) is 7.75. The predicted octanol–water partition coefficient (Wildman–Crippen LogP) is 3.69. The molecular weight excluding hydrogens is 372 g/mol. The zero-order chi connectivity index (χ0) is 19.7. The Bertz CT molecular complexity index is 235. The fourth-order valence-corrected chi connectivity index (χ4v) is 2.35. The van der Waals surface area contributed by atoms with Gasteiger partial charge in [0, 0.05) is 12.5 Å². The zero-order valence-corrected chi connectivity index (χ0v) is 18.0. The van der Waals surface area contributed by atoms with E-state index in [9.17, 15) is 0 Å². The number of ether oxygens (including phenoxy) is 6. The molecule has 0 spiro atoms. The summed E-state index contributed by atoms with van der Waals surface area (Å²) in [5.41, 5.74) is 0. The molecular formula is C20H41ClO6. The molecule has 0 heterocycles. The molecule has 0 fully saturated rings. The highest BCUT2D eigenvalue weighted by atomic mass is 35.5. The van der Waals surface area contributed by atoms with Crippen LogP contribution in [0, 0.1) is 0 Å². The molecule has 0 N–H and O–H groups in total. The minimum Gasteiger partial charge on any atom is -0.379 e. The van der Waals surface area contributed by atoms with E-state index in [4.69, 9.17) is 40.0 Å². The van der Waals surface area contributed by atoms with Gasteiger partial charge in [-0.15, -0.1) is 11.6 Å². The molecule has 0 aromatic heterocycles. The molecule has 0 atom stereocenters. The lowest BCUT2D eigenvalue weighted by Crippen LogP contribution is -2.14. The molecule has 0 aromatic carbocycles. The molecule has 0 unspecified atom stereocenters. The second-order valence-electron chi connectivity index (χ2n) is 6.13. The van der Waals surface area contributed by atoms with Crippen LogP contribution in [-0.2, 0) is 28.4 Å². The number of alkyl halides is 1. The summed E-state index contributed by atoms with van der Waals surface area (Å²) in [5.74, 6) is 0.515. The Balaban J connectivity index is 2.95. The van der Waals surface area contributed by atoms with Crippen LogP contribution in [0.2, 0.25) is 0 Å². The first-order chi connectivity index (χ1) is 13.4. The van der Waals surface area contributed by atoms with Gasteiger partial charge < -0.3 is 28.4 Å². The van der Waals surface area contributed by atoms with Crippen LogP contribution < -0.4 is 0 Å². The molecule has 6 nitrogen and oxygen atoms in total. The van der Waals surface area contributed by atoms with Gasteiger partial charge in [-0.25, -0.2) is 0 Å². The predicted molar refractivity (Wildman–Crippen MR) is 109 cm³/mol. The van der Waals surface area contributed by atoms with Gasteiger partial charge in [0.05, 0.1) is 72.7 Å². The van der Waals surface area contributed by atoms with E-state index in [-0.39, 0.29) is 0 Å². The smallest absolute Gasteiger partial charge is 0.0701 e. The average molecular weight is 413 g/mol. The first-order valence-electron chi connectivity index (χ1n) is 10.4. The van der Waals surface area contributed by atoms with E-state index in [2.05, 4.69) is 6.92 Å². The Hall–Kier alpha value is 0.0500. The van der Waals surface area contributed by atoms with E-state index >= 15 is 0 Å². The second kappa shape index (κ2) is 26.1. The van der Waals surface area contributed by atoms with E-state index in [1.807, 2.05) is 0 Å². The van der Waals surface area contributed by atoms with Crippen molar-refractivity contribution >= 4 is 11.6 Å². The standard InChI is InChI=1S/C20H41ClO6/c1-2-3-4-5-6-7-9-22-11-13-24-15-17-26-19-20-27-18-16-25-14-12-23-10-8-21/h2-20H2,1H3. The topological polar surface area (TPSA) is 55.4 Å². The van der Waals surface area contributed by atoms with E-state index in [1.165, 1.54) is 32.1 Å². The quantitative estimate of drug-likeness (QED) is 0.178. The van der Waals surface area contributed by atoms with Crippen molar-refractivity contribution in [3.63, 3.8) is 0 Å². The molecule has 0 saturated heterocycles. The van der Waals surface area contributed by atoms with Crippen molar-refractivity contribution in [3.05, 3.63) is 0 Å². The maximum atomic E-state index is 5.55. The van der Waals surface area contributed by atoms with Crippen molar-refractivity contribution in [3.8, 4) is 0 Å². The molecule has 27 heavy (non-hydrogen) atoms. The van der Waals surface area contributed by atoms with Gasteiger partial charge >= 0.3 is 0 Å². The molecule has 0 radical (unpaired) electrons. The molecule has 7 heteroatoms. The van der Waals surface area contributed by atoms with E-state index < -0.39 is 0 Å². The number of rotatable bonds is 24. The van der Waals surface area contributed by atoms with Gasteiger partial charge in [-0.2, -0.15) is 0 Å². The molecule has 0 rings (SSSR count). The van der Waals surface area contributed by atoms with Crippen LogP contribution in [0.15, 0.2) is 0 Å². The lowest BCUT2D eigenvalue weighted by Gasteiger charge is -2.08. The van der Waals surface area contributed by atoms with Crippen LogP contribution in [0.4, 0.5) is 0 Å². The van der Waals surface area contributed by atoms with Crippen LogP contribution in [0.3, 0.4) is 0 Å². The summed E-state index contributed by atoms with van der Waals surface area (Å²) < 4.78 is 32.4. The zero-order valence-electron chi connectivity index (χ0n) is 17.3. The second-order valence-corrected chi connectivity index (χ2v) is 6.51. The highest BCUT2D eigenvalue weighted by Crippen LogP contribution is 2.04. The summed E-state index contributed by atoms with van der Waals surface area (Å²) in [5, 5.41) is 0. The van der Waals surface area contributed by atoms with Crippen molar-refractivity contribution in [2.24, 2.45) is 0 Å². The number of halogens is 1. The Morgan fingerprint density at radius 1 is 0.407 bits per heavy atom. The van der Waals surface area contributed by atoms with Crippen molar-refractivity contribution in [1.29, 1.82) is 0 Å². The van der Waals surface area contributed by atoms with Crippen LogP contribution in [0.5, 0.6) is 0 Å². The third-order valence-electron chi connectivity index (χ3n) is 3.72. The lowest BCUT2D eigenvalue weighted by molar-refractivity contribution is -0.0162. The maximum absolute atomic E-state index is 5.55. The van der Waals surface area contributed by atoms with Crippen molar-refractivity contribution in [2.45, 2.75) is 45.4 Å². The SMILES string of the molecule is CCCCCCCCOCCOCCOCCOCCOCCOCCCl. The summed E-state index contributed by atoms with van der Waals surface area (Å²) in [6.45, 7) is 9.49. The fourth-order valence-electron chi connectivity index (χ4n) is 2.24. The molecule has 0 amide bonds. The van der Waals surface area contributed by atoms with Gasteiger partial charge in [0.1, 0.15) is 0 Å². The van der Waals surface area contributed by atoms with E-state index in [0.717, 1.165) is 13.0 Å². The first-order valence-corrected chi connectivity index (χ1v) is 11.0. The molecule has 0 aromatic rings. The molecule has 0 saturated carbocycles. The van der Waals surface area contributed by atoms with E-state index in [1.54, 1.807) is 0 Å². The third-order valence-corrected chi connectivity index (χ3v) is 3.88. The highest BCUT2D eigenvalue weighted by molar-refractivity contribution is 6.17. The average Bonchev–Trinajstić information content (AvgIpc) is 2.68.